The minimum absolute atomic E-state index is 0.124. The largest absolute Gasteiger partial charge is 0.394 e. The third kappa shape index (κ3) is 4.58. The van der Waals surface area contributed by atoms with E-state index in [4.69, 9.17) is 0 Å². The van der Waals surface area contributed by atoms with E-state index in [0.717, 1.165) is 5.39 Å². The fraction of sp³-hybridized carbons (Fsp3) is 0.300. The van der Waals surface area contributed by atoms with Gasteiger partial charge in [0.1, 0.15) is 11.8 Å². The van der Waals surface area contributed by atoms with E-state index < -0.39 is 12.1 Å². The van der Waals surface area contributed by atoms with Crippen LogP contribution in [0.25, 0.3) is 11.0 Å². The van der Waals surface area contributed by atoms with Crippen molar-refractivity contribution in [3.05, 3.63) is 58.5 Å². The van der Waals surface area contributed by atoms with E-state index >= 15 is 0 Å². The highest BCUT2D eigenvalue weighted by Gasteiger charge is 2.21. The molecular weight excluding hydrogens is 374 g/mol. The number of rotatable bonds is 7. The summed E-state index contributed by atoms with van der Waals surface area (Å²) in [7, 11) is 0. The lowest BCUT2D eigenvalue weighted by molar-refractivity contribution is -0.121. The van der Waals surface area contributed by atoms with Crippen molar-refractivity contribution in [1.82, 2.24) is 19.9 Å². The number of aromatic nitrogens is 3. The molecule has 3 rings (SSSR count). The topological polar surface area (TPSA) is 129 Å². The Hall–Kier alpha value is -3.30. The van der Waals surface area contributed by atoms with Crippen LogP contribution < -0.4 is 16.2 Å². The van der Waals surface area contributed by atoms with Gasteiger partial charge in [0.25, 0.3) is 5.56 Å². The molecule has 0 radical (unpaired) electrons. The Morgan fingerprint density at radius 2 is 1.93 bits per heavy atom. The van der Waals surface area contributed by atoms with E-state index in [0.29, 0.717) is 29.4 Å². The van der Waals surface area contributed by atoms with Crippen molar-refractivity contribution in [2.24, 2.45) is 0 Å². The molecule has 0 fully saturated rings. The van der Waals surface area contributed by atoms with E-state index in [-0.39, 0.29) is 18.1 Å². The van der Waals surface area contributed by atoms with Crippen molar-refractivity contribution in [3.8, 4) is 0 Å². The standard InChI is InChI=1S/C20H23N5O4/c1-3-25-17(28)9-6-14-10-21-20(24-19(14)25)23-15-7-4-13(5-8-15)18(29)16(11-26)22-12(2)27/h4-10,16,18,26,29H,3,11H2,1-2H3,(H,22,27)(H,21,23,24). The predicted molar refractivity (Wildman–Crippen MR) is 109 cm³/mol. The van der Waals surface area contributed by atoms with Crippen LogP contribution in [0.15, 0.2) is 47.4 Å². The fourth-order valence-electron chi connectivity index (χ4n) is 3.05. The van der Waals surface area contributed by atoms with Gasteiger partial charge in [0, 0.05) is 36.8 Å². The summed E-state index contributed by atoms with van der Waals surface area (Å²) >= 11 is 0. The molecule has 0 spiro atoms. The molecule has 29 heavy (non-hydrogen) atoms. The van der Waals surface area contributed by atoms with Crippen molar-refractivity contribution in [3.63, 3.8) is 0 Å². The van der Waals surface area contributed by atoms with Gasteiger partial charge in [-0.1, -0.05) is 12.1 Å². The molecule has 9 heteroatoms. The maximum atomic E-state index is 12.0. The first-order chi connectivity index (χ1) is 13.9. The van der Waals surface area contributed by atoms with E-state index in [1.165, 1.54) is 13.0 Å². The average Bonchev–Trinajstić information content (AvgIpc) is 2.72. The SMILES string of the molecule is CCn1c(=O)ccc2cnc(Nc3ccc(C(O)C(CO)NC(C)=O)cc3)nc21. The average molecular weight is 397 g/mol. The quantitative estimate of drug-likeness (QED) is 0.469. The molecular formula is C20H23N5O4. The Labute approximate surface area is 167 Å². The van der Waals surface area contributed by atoms with Gasteiger partial charge in [-0.15, -0.1) is 0 Å². The van der Waals surface area contributed by atoms with Crippen LogP contribution in [-0.4, -0.2) is 43.3 Å². The van der Waals surface area contributed by atoms with Gasteiger partial charge in [0.05, 0.1) is 12.6 Å². The molecule has 0 bridgehead atoms. The van der Waals surface area contributed by atoms with E-state index in [9.17, 15) is 19.8 Å². The number of hydrogen-bond donors (Lipinski definition) is 4. The number of anilines is 2. The number of carbonyl (C=O) groups is 1. The van der Waals surface area contributed by atoms with E-state index in [1.807, 2.05) is 6.92 Å². The summed E-state index contributed by atoms with van der Waals surface area (Å²) < 4.78 is 1.57. The van der Waals surface area contributed by atoms with Gasteiger partial charge in [-0.25, -0.2) is 4.98 Å². The van der Waals surface area contributed by atoms with Crippen molar-refractivity contribution in [2.45, 2.75) is 32.5 Å². The molecule has 152 valence electrons. The number of hydrogen-bond acceptors (Lipinski definition) is 7. The van der Waals surface area contributed by atoms with Gasteiger partial charge in [0.2, 0.25) is 11.9 Å². The van der Waals surface area contributed by atoms with Gasteiger partial charge < -0.3 is 20.8 Å². The summed E-state index contributed by atoms with van der Waals surface area (Å²) in [6.45, 7) is 3.31. The second-order valence-electron chi connectivity index (χ2n) is 6.57. The molecule has 9 nitrogen and oxygen atoms in total. The smallest absolute Gasteiger partial charge is 0.252 e. The van der Waals surface area contributed by atoms with Gasteiger partial charge >= 0.3 is 0 Å². The number of benzene rings is 1. The molecule has 0 saturated carbocycles. The van der Waals surface area contributed by atoms with Crippen LogP contribution in [0.5, 0.6) is 0 Å². The van der Waals surface area contributed by atoms with Crippen molar-refractivity contribution >= 4 is 28.6 Å². The highest BCUT2D eigenvalue weighted by atomic mass is 16.3. The second kappa shape index (κ2) is 8.80. The van der Waals surface area contributed by atoms with Crippen LogP contribution >= 0.6 is 0 Å². The zero-order valence-electron chi connectivity index (χ0n) is 16.2. The number of amides is 1. The molecule has 2 heterocycles. The molecule has 0 aliphatic carbocycles. The summed E-state index contributed by atoms with van der Waals surface area (Å²) in [6, 6.07) is 9.21. The maximum absolute atomic E-state index is 12.0. The van der Waals surface area contributed by atoms with Crippen LogP contribution in [0.1, 0.15) is 25.5 Å². The first kappa shape index (κ1) is 20.4. The summed E-state index contributed by atoms with van der Waals surface area (Å²) in [6.07, 6.45) is 0.599. The van der Waals surface area contributed by atoms with Gasteiger partial charge in [-0.05, 0) is 30.7 Å². The number of pyridine rings is 1. The molecule has 1 amide bonds. The van der Waals surface area contributed by atoms with E-state index in [2.05, 4.69) is 20.6 Å². The molecule has 2 atom stereocenters. The molecule has 2 aromatic heterocycles. The number of nitrogens with zero attached hydrogens (tertiary/aromatic N) is 3. The van der Waals surface area contributed by atoms with Crippen molar-refractivity contribution < 1.29 is 15.0 Å². The molecule has 4 N–H and O–H groups in total. The lowest BCUT2D eigenvalue weighted by atomic mass is 10.0. The lowest BCUT2D eigenvalue weighted by Gasteiger charge is -2.22. The molecule has 2 unspecified atom stereocenters. The normalized spacial score (nSPS) is 13.1. The van der Waals surface area contributed by atoms with E-state index in [1.54, 1.807) is 41.1 Å². The molecule has 3 aromatic rings. The molecule has 1 aromatic carbocycles. The lowest BCUT2D eigenvalue weighted by Crippen LogP contribution is -2.40. The third-order valence-electron chi connectivity index (χ3n) is 4.51. The van der Waals surface area contributed by atoms with Crippen molar-refractivity contribution in [1.29, 1.82) is 0 Å². The zero-order valence-corrected chi connectivity index (χ0v) is 16.2. The first-order valence-corrected chi connectivity index (χ1v) is 9.22. The first-order valence-electron chi connectivity index (χ1n) is 9.22. The monoisotopic (exact) mass is 397 g/mol. The van der Waals surface area contributed by atoms with Gasteiger partial charge in [-0.2, -0.15) is 4.98 Å². The Bertz CT molecular complexity index is 1060. The summed E-state index contributed by atoms with van der Waals surface area (Å²) in [4.78, 5) is 31.9. The number of aliphatic hydroxyl groups is 2. The predicted octanol–water partition coefficient (Wildman–Crippen LogP) is 1.09. The van der Waals surface area contributed by atoms with Crippen LogP contribution in [-0.2, 0) is 11.3 Å². The Balaban J connectivity index is 1.81. The maximum Gasteiger partial charge on any atom is 0.252 e. The summed E-state index contributed by atoms with van der Waals surface area (Å²) in [5.74, 6) is 0.00507. The second-order valence-corrected chi connectivity index (χ2v) is 6.57. The third-order valence-corrected chi connectivity index (χ3v) is 4.51. The van der Waals surface area contributed by atoms with Crippen LogP contribution in [0.3, 0.4) is 0 Å². The van der Waals surface area contributed by atoms with Crippen molar-refractivity contribution in [2.75, 3.05) is 11.9 Å². The summed E-state index contributed by atoms with van der Waals surface area (Å²) in [5, 5.41) is 26.1. The Kier molecular flexibility index (Phi) is 6.20. The fourth-order valence-corrected chi connectivity index (χ4v) is 3.05. The Morgan fingerprint density at radius 3 is 2.55 bits per heavy atom. The van der Waals surface area contributed by atoms with Gasteiger partial charge in [-0.3, -0.25) is 14.2 Å². The van der Waals surface area contributed by atoms with Crippen LogP contribution in [0.2, 0.25) is 0 Å². The van der Waals surface area contributed by atoms with Crippen LogP contribution in [0.4, 0.5) is 11.6 Å². The number of nitrogens with one attached hydrogen (secondary N) is 2. The molecule has 0 saturated heterocycles. The highest BCUT2D eigenvalue weighted by Crippen LogP contribution is 2.21. The van der Waals surface area contributed by atoms with Gasteiger partial charge in [0.15, 0.2) is 0 Å². The number of carbonyl (C=O) groups excluding carboxylic acids is 1. The Morgan fingerprint density at radius 1 is 1.21 bits per heavy atom. The summed E-state index contributed by atoms with van der Waals surface area (Å²) in [5.41, 5.74) is 1.65. The molecule has 0 aliphatic heterocycles. The number of aryl methyl sites for hydroxylation is 1. The number of aliphatic hydroxyl groups excluding tert-OH is 2. The highest BCUT2D eigenvalue weighted by molar-refractivity contribution is 5.75. The number of fused-ring (bicyclic) bond motifs is 1. The minimum Gasteiger partial charge on any atom is -0.394 e. The zero-order chi connectivity index (χ0) is 21.0. The molecule has 0 aliphatic rings. The minimum atomic E-state index is -1.05. The van der Waals surface area contributed by atoms with Crippen LogP contribution in [0, 0.1) is 0 Å².